The SMILES string of the molecule is C[C@@]1(C#N)[C@H](O)[C@@H](COP(=O)(O)OP(=O)(O)OP(=O)(O)O)O[C@H]1n1cnc2c(N)nc(N)nc21. The van der Waals surface area contributed by atoms with Crippen molar-refractivity contribution in [2.45, 2.75) is 25.4 Å². The molecule has 6 atom stereocenters. The van der Waals surface area contributed by atoms with Crippen molar-refractivity contribution in [2.75, 3.05) is 18.1 Å². The number of fused-ring (bicyclic) bond motifs is 1. The number of phosphoric ester groups is 1. The van der Waals surface area contributed by atoms with E-state index in [1.54, 1.807) is 0 Å². The molecule has 9 N–H and O–H groups in total. The quantitative estimate of drug-likeness (QED) is 0.198. The summed E-state index contributed by atoms with van der Waals surface area (Å²) in [4.78, 5) is 47.7. The minimum Gasteiger partial charge on any atom is -0.388 e. The normalized spacial score (nSPS) is 28.9. The second kappa shape index (κ2) is 8.88. The molecule has 1 fully saturated rings. The van der Waals surface area contributed by atoms with Crippen LogP contribution >= 0.6 is 23.5 Å². The Bertz CT molecular complexity index is 1290. The number of aromatic nitrogens is 4. The number of rotatable bonds is 8. The van der Waals surface area contributed by atoms with Gasteiger partial charge in [0.05, 0.1) is 19.0 Å². The van der Waals surface area contributed by atoms with Crippen LogP contribution in [0.2, 0.25) is 0 Å². The summed E-state index contributed by atoms with van der Waals surface area (Å²) in [7, 11) is -16.8. The van der Waals surface area contributed by atoms with Gasteiger partial charge in [0.2, 0.25) is 5.95 Å². The summed E-state index contributed by atoms with van der Waals surface area (Å²) in [5.41, 5.74) is 9.80. The highest BCUT2D eigenvalue weighted by Gasteiger charge is 2.56. The number of ether oxygens (including phenoxy) is 1. The maximum Gasteiger partial charge on any atom is 0.490 e. The van der Waals surface area contributed by atoms with Crippen LogP contribution in [-0.4, -0.2) is 63.0 Å². The maximum atomic E-state index is 12.0. The molecule has 1 aliphatic heterocycles. The van der Waals surface area contributed by atoms with Crippen LogP contribution < -0.4 is 11.5 Å². The molecule has 2 unspecified atom stereocenters. The molecular weight excluding hydrogens is 527 g/mol. The Hall–Kier alpha value is -2.03. The number of hydrogen-bond donors (Lipinski definition) is 7. The summed E-state index contributed by atoms with van der Waals surface area (Å²) in [6.07, 6.45) is -3.27. The van der Waals surface area contributed by atoms with Crippen LogP contribution in [0, 0.1) is 16.7 Å². The third kappa shape index (κ3) is 5.44. The molecule has 3 heterocycles. The summed E-state index contributed by atoms with van der Waals surface area (Å²) < 4.78 is 52.6. The Morgan fingerprint density at radius 3 is 2.44 bits per heavy atom. The second-order valence-electron chi connectivity index (χ2n) is 7.04. The summed E-state index contributed by atoms with van der Waals surface area (Å²) >= 11 is 0. The van der Waals surface area contributed by atoms with Gasteiger partial charge in [-0.3, -0.25) is 9.09 Å². The summed E-state index contributed by atoms with van der Waals surface area (Å²) in [5, 5.41) is 20.4. The molecule has 0 spiro atoms. The van der Waals surface area contributed by atoms with E-state index in [4.69, 9.17) is 26.0 Å². The molecule has 188 valence electrons. The number of hydrogen-bond acceptors (Lipinski definition) is 14. The number of nitrogen functional groups attached to an aromatic ring is 2. The van der Waals surface area contributed by atoms with E-state index in [1.807, 2.05) is 6.07 Å². The number of nitrogens with two attached hydrogens (primary N) is 2. The van der Waals surface area contributed by atoms with E-state index in [0.717, 1.165) is 0 Å². The molecule has 0 bridgehead atoms. The number of nitrogens with zero attached hydrogens (tertiary/aromatic N) is 5. The Labute approximate surface area is 189 Å². The van der Waals surface area contributed by atoms with E-state index in [2.05, 4.69) is 28.1 Å². The first kappa shape index (κ1) is 26.6. The summed E-state index contributed by atoms with van der Waals surface area (Å²) in [6, 6.07) is 1.87. The topological polar surface area (TPSA) is 309 Å². The van der Waals surface area contributed by atoms with Crippen molar-refractivity contribution in [3.8, 4) is 6.07 Å². The van der Waals surface area contributed by atoms with Crippen molar-refractivity contribution in [3.63, 3.8) is 0 Å². The minimum absolute atomic E-state index is 0.0530. The third-order valence-electron chi connectivity index (χ3n) is 4.56. The zero-order valence-corrected chi connectivity index (χ0v) is 19.5. The lowest BCUT2D eigenvalue weighted by Gasteiger charge is -2.25. The molecule has 22 heteroatoms. The molecule has 3 rings (SSSR count). The standard InChI is InChI=1S/C12H18N7O12P3/c1-12(3-13)7(20)5(2-28-33(24,25)31-34(26,27)30-32(21,22)23)29-10(12)19-4-16-6-8(14)17-11(15)18-9(6)19/h4-5,7,10,20H,2H2,1H3,(H,24,25)(H,26,27)(H2,21,22,23)(H4,14,15,17,18)/t5-,7-,10-,12-/m1/s1. The average molecular weight is 545 g/mol. The van der Waals surface area contributed by atoms with Crippen LogP contribution in [0.15, 0.2) is 6.33 Å². The van der Waals surface area contributed by atoms with E-state index in [1.165, 1.54) is 17.8 Å². The highest BCUT2D eigenvalue weighted by molar-refractivity contribution is 7.66. The Kier molecular flexibility index (Phi) is 6.94. The average Bonchev–Trinajstić information content (AvgIpc) is 3.17. The van der Waals surface area contributed by atoms with Gasteiger partial charge in [-0.05, 0) is 6.92 Å². The van der Waals surface area contributed by atoms with Crippen LogP contribution in [0.3, 0.4) is 0 Å². The summed E-state index contributed by atoms with van der Waals surface area (Å²) in [5.74, 6) is -0.282. The second-order valence-corrected chi connectivity index (χ2v) is 11.5. The molecule has 1 aliphatic rings. The van der Waals surface area contributed by atoms with Gasteiger partial charge in [-0.2, -0.15) is 23.9 Å². The first-order chi connectivity index (χ1) is 15.5. The van der Waals surface area contributed by atoms with Crippen molar-refractivity contribution < 1.29 is 56.3 Å². The Morgan fingerprint density at radius 2 is 1.85 bits per heavy atom. The Balaban J connectivity index is 1.82. The molecule has 0 aliphatic carbocycles. The molecule has 19 nitrogen and oxygen atoms in total. The molecule has 34 heavy (non-hydrogen) atoms. The smallest absolute Gasteiger partial charge is 0.388 e. The molecule has 0 saturated carbocycles. The maximum absolute atomic E-state index is 12.0. The minimum atomic E-state index is -5.74. The zero-order chi connectivity index (χ0) is 25.7. The largest absolute Gasteiger partial charge is 0.490 e. The molecule has 0 radical (unpaired) electrons. The number of aliphatic hydroxyl groups excluding tert-OH is 1. The lowest BCUT2D eigenvalue weighted by Crippen LogP contribution is -2.37. The number of imidazole rings is 1. The van der Waals surface area contributed by atoms with Gasteiger partial charge < -0.3 is 40.9 Å². The van der Waals surface area contributed by atoms with Gasteiger partial charge in [-0.1, -0.05) is 0 Å². The van der Waals surface area contributed by atoms with Crippen LogP contribution in [-0.2, 0) is 31.6 Å². The van der Waals surface area contributed by atoms with E-state index >= 15 is 0 Å². The predicted molar refractivity (Wildman–Crippen MR) is 108 cm³/mol. The lowest BCUT2D eigenvalue weighted by molar-refractivity contribution is -0.0461. The zero-order valence-electron chi connectivity index (χ0n) is 16.8. The van der Waals surface area contributed by atoms with E-state index in [-0.39, 0.29) is 22.9 Å². The highest BCUT2D eigenvalue weighted by atomic mass is 31.3. The molecule has 0 aromatic carbocycles. The molecule has 0 amide bonds. The highest BCUT2D eigenvalue weighted by Crippen LogP contribution is 2.66. The first-order valence-corrected chi connectivity index (χ1v) is 13.3. The van der Waals surface area contributed by atoms with Gasteiger partial charge in [-0.25, -0.2) is 18.7 Å². The van der Waals surface area contributed by atoms with Crippen LogP contribution in [0.4, 0.5) is 11.8 Å². The fraction of sp³-hybridized carbons (Fsp3) is 0.500. The number of anilines is 2. The third-order valence-corrected chi connectivity index (χ3v) is 8.36. The van der Waals surface area contributed by atoms with E-state index in [0.29, 0.717) is 0 Å². The van der Waals surface area contributed by atoms with Crippen molar-refractivity contribution in [1.29, 1.82) is 5.26 Å². The van der Waals surface area contributed by atoms with Gasteiger partial charge in [-0.15, -0.1) is 0 Å². The fourth-order valence-corrected chi connectivity index (χ4v) is 6.15. The van der Waals surface area contributed by atoms with Gasteiger partial charge in [0.25, 0.3) is 0 Å². The molecule has 2 aromatic heterocycles. The monoisotopic (exact) mass is 545 g/mol. The molecule has 2 aromatic rings. The fourth-order valence-electron chi connectivity index (χ4n) is 3.12. The van der Waals surface area contributed by atoms with Crippen molar-refractivity contribution in [1.82, 2.24) is 19.5 Å². The predicted octanol–water partition coefficient (Wildman–Crippen LogP) is -0.878. The number of phosphoric acid groups is 3. The number of aliphatic hydroxyl groups is 1. The first-order valence-electron chi connectivity index (χ1n) is 8.76. The van der Waals surface area contributed by atoms with Gasteiger partial charge in [0.1, 0.15) is 23.1 Å². The van der Waals surface area contributed by atoms with Crippen LogP contribution in [0.1, 0.15) is 13.2 Å². The van der Waals surface area contributed by atoms with Crippen molar-refractivity contribution in [2.24, 2.45) is 5.41 Å². The number of nitriles is 1. The van der Waals surface area contributed by atoms with Crippen molar-refractivity contribution >= 4 is 46.4 Å². The summed E-state index contributed by atoms with van der Waals surface area (Å²) in [6.45, 7) is 0.317. The van der Waals surface area contributed by atoms with Crippen LogP contribution in [0.25, 0.3) is 11.2 Å². The lowest BCUT2D eigenvalue weighted by atomic mass is 9.84. The van der Waals surface area contributed by atoms with Crippen molar-refractivity contribution in [3.05, 3.63) is 6.33 Å². The molecule has 1 saturated heterocycles. The van der Waals surface area contributed by atoms with E-state index < -0.39 is 53.9 Å². The van der Waals surface area contributed by atoms with Gasteiger partial charge in [0, 0.05) is 0 Å². The van der Waals surface area contributed by atoms with Crippen LogP contribution in [0.5, 0.6) is 0 Å². The molecular formula is C12H18N7O12P3. The van der Waals surface area contributed by atoms with Gasteiger partial charge >= 0.3 is 23.5 Å². The van der Waals surface area contributed by atoms with Gasteiger partial charge in [0.15, 0.2) is 17.7 Å². The van der Waals surface area contributed by atoms with E-state index in [9.17, 15) is 33.9 Å². The Morgan fingerprint density at radius 1 is 1.21 bits per heavy atom.